The summed E-state index contributed by atoms with van der Waals surface area (Å²) in [6.45, 7) is 7.34. The van der Waals surface area contributed by atoms with Crippen LogP contribution in [0.2, 0.25) is 0 Å². The van der Waals surface area contributed by atoms with Crippen LogP contribution < -0.4 is 4.72 Å². The average Bonchev–Trinajstić information content (AvgIpc) is 3.32. The summed E-state index contributed by atoms with van der Waals surface area (Å²) in [5.74, 6) is 0.0949. The molecule has 4 rings (SSSR count). The van der Waals surface area contributed by atoms with Crippen molar-refractivity contribution in [1.29, 1.82) is 0 Å². The standard InChI is InChI=1S/C21H29N5O4S/c1-15(2)31(28,29)22-11-18-19-12-30-21(14-26(19)24-23-18)8-9-25(13-21)20(27)10-17-6-4-16(3)5-7-17/h4-7,15,22H,8-14H2,1-3H3. The van der Waals surface area contributed by atoms with Gasteiger partial charge in [-0.2, -0.15) is 0 Å². The van der Waals surface area contributed by atoms with Crippen LogP contribution in [0.15, 0.2) is 24.3 Å². The van der Waals surface area contributed by atoms with Crippen LogP contribution in [0.3, 0.4) is 0 Å². The second-order valence-corrected chi connectivity index (χ2v) is 11.1. The van der Waals surface area contributed by atoms with Crippen molar-refractivity contribution in [2.24, 2.45) is 0 Å². The van der Waals surface area contributed by atoms with Gasteiger partial charge in [-0.25, -0.2) is 17.8 Å². The summed E-state index contributed by atoms with van der Waals surface area (Å²) in [4.78, 5) is 14.6. The Labute approximate surface area is 182 Å². The van der Waals surface area contributed by atoms with Crippen molar-refractivity contribution < 1.29 is 17.9 Å². The van der Waals surface area contributed by atoms with E-state index in [-0.39, 0.29) is 12.5 Å². The number of carbonyl (C=O) groups excluding carboxylic acids is 1. The summed E-state index contributed by atoms with van der Waals surface area (Å²) >= 11 is 0. The van der Waals surface area contributed by atoms with Crippen LogP contribution in [-0.4, -0.2) is 58.2 Å². The second-order valence-electron chi connectivity index (χ2n) is 8.75. The molecule has 1 fully saturated rings. The minimum Gasteiger partial charge on any atom is -0.365 e. The highest BCUT2D eigenvalue weighted by Crippen LogP contribution is 2.33. The van der Waals surface area contributed by atoms with Gasteiger partial charge < -0.3 is 9.64 Å². The summed E-state index contributed by atoms with van der Waals surface area (Å²) in [6.07, 6.45) is 1.12. The van der Waals surface area contributed by atoms with E-state index in [4.69, 9.17) is 4.74 Å². The monoisotopic (exact) mass is 447 g/mol. The van der Waals surface area contributed by atoms with Gasteiger partial charge in [0.2, 0.25) is 15.9 Å². The Bertz CT molecular complexity index is 1060. The normalized spacial score (nSPS) is 21.1. The third-order valence-electron chi connectivity index (χ3n) is 6.08. The molecule has 1 aromatic carbocycles. The van der Waals surface area contributed by atoms with E-state index in [1.807, 2.05) is 36.1 Å². The van der Waals surface area contributed by atoms with Gasteiger partial charge in [-0.1, -0.05) is 35.0 Å². The lowest BCUT2D eigenvalue weighted by molar-refractivity contribution is -0.132. The van der Waals surface area contributed by atoms with Crippen LogP contribution in [0.25, 0.3) is 0 Å². The number of aromatic nitrogens is 3. The van der Waals surface area contributed by atoms with Crippen LogP contribution in [0.4, 0.5) is 0 Å². The molecule has 2 aromatic rings. The van der Waals surface area contributed by atoms with E-state index in [9.17, 15) is 13.2 Å². The molecular formula is C21H29N5O4S. The van der Waals surface area contributed by atoms with Crippen molar-refractivity contribution in [3.05, 3.63) is 46.8 Å². The van der Waals surface area contributed by atoms with Crippen molar-refractivity contribution in [3.63, 3.8) is 0 Å². The molecule has 1 unspecified atom stereocenters. The zero-order valence-electron chi connectivity index (χ0n) is 18.2. The Kier molecular flexibility index (Phi) is 5.89. The maximum absolute atomic E-state index is 12.8. The van der Waals surface area contributed by atoms with E-state index in [0.29, 0.717) is 38.4 Å². The van der Waals surface area contributed by atoms with Crippen molar-refractivity contribution in [1.82, 2.24) is 24.6 Å². The molecule has 1 amide bonds. The molecule has 1 saturated heterocycles. The highest BCUT2D eigenvalue weighted by atomic mass is 32.2. The van der Waals surface area contributed by atoms with Gasteiger partial charge in [-0.05, 0) is 32.8 Å². The summed E-state index contributed by atoms with van der Waals surface area (Å²) in [6, 6.07) is 8.02. The van der Waals surface area contributed by atoms with E-state index in [2.05, 4.69) is 15.0 Å². The molecule has 9 nitrogen and oxygen atoms in total. The largest absolute Gasteiger partial charge is 0.365 e. The molecule has 0 radical (unpaired) electrons. The van der Waals surface area contributed by atoms with Crippen LogP contribution in [-0.2, 0) is 45.7 Å². The van der Waals surface area contributed by atoms with E-state index >= 15 is 0 Å². The fraction of sp³-hybridized carbons (Fsp3) is 0.571. The lowest BCUT2D eigenvalue weighted by Gasteiger charge is -2.34. The third-order valence-corrected chi connectivity index (χ3v) is 7.87. The number of hydrogen-bond acceptors (Lipinski definition) is 6. The molecule has 1 aromatic heterocycles. The van der Waals surface area contributed by atoms with E-state index in [1.165, 1.54) is 5.56 Å². The Balaban J connectivity index is 1.38. The van der Waals surface area contributed by atoms with E-state index < -0.39 is 20.9 Å². The number of nitrogens with one attached hydrogen (secondary N) is 1. The maximum Gasteiger partial charge on any atom is 0.227 e. The zero-order valence-corrected chi connectivity index (χ0v) is 19.0. The third kappa shape index (κ3) is 4.65. The molecule has 1 N–H and O–H groups in total. The quantitative estimate of drug-likeness (QED) is 0.712. The molecule has 168 valence electrons. The maximum atomic E-state index is 12.8. The van der Waals surface area contributed by atoms with Crippen molar-refractivity contribution in [3.8, 4) is 0 Å². The smallest absolute Gasteiger partial charge is 0.227 e. The van der Waals surface area contributed by atoms with Gasteiger partial charge in [0, 0.05) is 6.54 Å². The fourth-order valence-electron chi connectivity index (χ4n) is 3.96. The molecule has 10 heteroatoms. The van der Waals surface area contributed by atoms with Gasteiger partial charge in [-0.3, -0.25) is 4.79 Å². The average molecular weight is 448 g/mol. The Morgan fingerprint density at radius 1 is 1.26 bits per heavy atom. The van der Waals surface area contributed by atoms with Crippen LogP contribution in [0.5, 0.6) is 0 Å². The molecule has 3 heterocycles. The number of likely N-dealkylation sites (tertiary alicyclic amines) is 1. The highest BCUT2D eigenvalue weighted by Gasteiger charge is 2.44. The van der Waals surface area contributed by atoms with Crippen molar-refractivity contribution in [2.45, 2.75) is 64.2 Å². The number of aryl methyl sites for hydroxylation is 1. The zero-order chi connectivity index (χ0) is 22.2. The number of amides is 1. The van der Waals surface area contributed by atoms with Gasteiger partial charge in [0.15, 0.2) is 0 Å². The number of fused-ring (bicyclic) bond motifs is 1. The highest BCUT2D eigenvalue weighted by molar-refractivity contribution is 7.90. The first-order valence-corrected chi connectivity index (χ1v) is 12.1. The lowest BCUT2D eigenvalue weighted by atomic mass is 10.0. The summed E-state index contributed by atoms with van der Waals surface area (Å²) in [7, 11) is -3.38. The summed E-state index contributed by atoms with van der Waals surface area (Å²) < 4.78 is 34.6. The molecule has 0 saturated carbocycles. The first kappa shape index (κ1) is 21.9. The molecule has 2 aliphatic rings. The van der Waals surface area contributed by atoms with Gasteiger partial charge in [-0.15, -0.1) is 5.10 Å². The number of hydrogen-bond donors (Lipinski definition) is 1. The first-order chi connectivity index (χ1) is 14.7. The van der Waals surface area contributed by atoms with E-state index in [0.717, 1.165) is 17.7 Å². The number of sulfonamides is 1. The van der Waals surface area contributed by atoms with Crippen LogP contribution >= 0.6 is 0 Å². The molecule has 0 bridgehead atoms. The topological polar surface area (TPSA) is 106 Å². The predicted molar refractivity (Wildman–Crippen MR) is 115 cm³/mol. The predicted octanol–water partition coefficient (Wildman–Crippen LogP) is 1.16. The molecule has 1 atom stereocenters. The van der Waals surface area contributed by atoms with Gasteiger partial charge in [0.05, 0.1) is 43.6 Å². The molecule has 2 aliphatic heterocycles. The summed E-state index contributed by atoms with van der Waals surface area (Å²) in [5, 5.41) is 7.86. The number of nitrogens with zero attached hydrogens (tertiary/aromatic N) is 4. The van der Waals surface area contributed by atoms with Gasteiger partial charge in [0.1, 0.15) is 11.3 Å². The Morgan fingerprint density at radius 2 is 2.00 bits per heavy atom. The molecule has 0 aliphatic carbocycles. The second kappa shape index (κ2) is 8.33. The van der Waals surface area contributed by atoms with Crippen molar-refractivity contribution >= 4 is 15.9 Å². The van der Waals surface area contributed by atoms with Gasteiger partial charge in [0.25, 0.3) is 0 Å². The minimum absolute atomic E-state index is 0.0906. The number of benzene rings is 1. The molecule has 1 spiro atoms. The Morgan fingerprint density at radius 3 is 2.71 bits per heavy atom. The van der Waals surface area contributed by atoms with Gasteiger partial charge >= 0.3 is 0 Å². The van der Waals surface area contributed by atoms with Crippen molar-refractivity contribution in [2.75, 3.05) is 13.1 Å². The number of ether oxygens (including phenoxy) is 1. The first-order valence-electron chi connectivity index (χ1n) is 10.5. The fourth-order valence-corrected chi connectivity index (χ4v) is 4.63. The Hall–Kier alpha value is -2.30. The molecule has 31 heavy (non-hydrogen) atoms. The SMILES string of the molecule is Cc1ccc(CC(=O)N2CCC3(C2)Cn2nnc(CNS(=O)(=O)C(C)C)c2CO3)cc1. The van der Waals surface area contributed by atoms with Crippen LogP contribution in [0, 0.1) is 6.92 Å². The van der Waals surface area contributed by atoms with E-state index in [1.54, 1.807) is 18.5 Å². The number of rotatable bonds is 6. The molecular weight excluding hydrogens is 418 g/mol. The lowest BCUT2D eigenvalue weighted by Crippen LogP contribution is -2.45. The number of carbonyl (C=O) groups is 1. The summed E-state index contributed by atoms with van der Waals surface area (Å²) in [5.41, 5.74) is 3.06. The minimum atomic E-state index is -3.38. The van der Waals surface area contributed by atoms with Crippen LogP contribution in [0.1, 0.15) is 42.8 Å².